The topological polar surface area (TPSA) is 18.5 Å². The van der Waals surface area contributed by atoms with E-state index < -0.39 is 0 Å². The number of para-hydroxylation sites is 1. The number of anilines is 2. The van der Waals surface area contributed by atoms with Gasteiger partial charge in [-0.3, -0.25) is 4.31 Å². The molecule has 3 nitrogen and oxygen atoms in total. The fourth-order valence-electron chi connectivity index (χ4n) is 3.66. The van der Waals surface area contributed by atoms with Crippen molar-refractivity contribution in [1.82, 2.24) is 4.31 Å². The van der Waals surface area contributed by atoms with Gasteiger partial charge in [0.05, 0.1) is 24.8 Å². The van der Waals surface area contributed by atoms with E-state index in [1.807, 2.05) is 23.5 Å². The Morgan fingerprint density at radius 3 is 2.56 bits per heavy atom. The van der Waals surface area contributed by atoms with E-state index in [1.54, 1.807) is 23.9 Å². The Labute approximate surface area is 167 Å². The smallest absolute Gasteiger partial charge is 0.0820 e. The maximum atomic E-state index is 6.57. The molecular weight excluding hydrogens is 390 g/mol. The zero-order chi connectivity index (χ0) is 17.4. The lowest BCUT2D eigenvalue weighted by molar-refractivity contribution is 0.159. The molecule has 134 valence electrons. The van der Waals surface area contributed by atoms with E-state index >= 15 is 0 Å². The highest BCUT2D eigenvalue weighted by Gasteiger charge is 2.38. The molecule has 0 unspecified atom stereocenters. The van der Waals surface area contributed by atoms with Crippen LogP contribution in [0.1, 0.15) is 12.8 Å². The molecule has 2 aliphatic heterocycles. The van der Waals surface area contributed by atoms with Gasteiger partial charge in [0.15, 0.2) is 0 Å². The van der Waals surface area contributed by atoms with Gasteiger partial charge in [-0.25, -0.2) is 0 Å². The number of hydrogen-bond acceptors (Lipinski definition) is 6. The first-order valence-corrected chi connectivity index (χ1v) is 11.3. The Balaban J connectivity index is 1.47. The second kappa shape index (κ2) is 7.61. The lowest BCUT2D eigenvalue weighted by atomic mass is 9.71. The lowest BCUT2D eigenvalue weighted by Gasteiger charge is -2.48. The molecule has 2 bridgehead atoms. The fourth-order valence-corrected chi connectivity index (χ4v) is 7.01. The van der Waals surface area contributed by atoms with Gasteiger partial charge in [-0.05, 0) is 86.9 Å². The second-order valence-corrected chi connectivity index (χ2v) is 11.1. The number of halogens is 1. The monoisotopic (exact) mass is 411 g/mol. The number of piperidine rings is 2. The molecule has 1 aromatic heterocycles. The Morgan fingerprint density at radius 2 is 1.84 bits per heavy atom. The number of nitrogens with zero attached hydrogens (tertiary/aromatic N) is 2. The van der Waals surface area contributed by atoms with Crippen LogP contribution in [0.3, 0.4) is 0 Å². The molecule has 1 aliphatic carbocycles. The number of thiophene rings is 1. The molecule has 3 heterocycles. The Kier molecular flexibility index (Phi) is 5.43. The summed E-state index contributed by atoms with van der Waals surface area (Å²) in [5.41, 5.74) is 2.29. The molecule has 1 aromatic carbocycles. The summed E-state index contributed by atoms with van der Waals surface area (Å²) in [5.74, 6) is 1.72. The predicted molar refractivity (Wildman–Crippen MR) is 113 cm³/mol. The van der Waals surface area contributed by atoms with E-state index in [2.05, 4.69) is 46.2 Å². The Hall–Kier alpha value is -0.530. The summed E-state index contributed by atoms with van der Waals surface area (Å²) in [4.78, 5) is 2.48. The van der Waals surface area contributed by atoms with Gasteiger partial charge in [-0.2, -0.15) is 0 Å². The summed E-state index contributed by atoms with van der Waals surface area (Å²) < 4.78 is 8.22. The van der Waals surface area contributed by atoms with Crippen LogP contribution in [-0.4, -0.2) is 31.5 Å². The normalized spacial score (nSPS) is 22.2. The van der Waals surface area contributed by atoms with E-state index in [9.17, 15) is 0 Å². The summed E-state index contributed by atoms with van der Waals surface area (Å²) in [6.07, 6.45) is 2.81. The van der Waals surface area contributed by atoms with Crippen LogP contribution in [-0.2, 0) is 0 Å². The van der Waals surface area contributed by atoms with E-state index in [-0.39, 0.29) is 0 Å². The Morgan fingerprint density at radius 1 is 1.12 bits per heavy atom. The van der Waals surface area contributed by atoms with Crippen molar-refractivity contribution in [2.75, 3.05) is 36.8 Å². The van der Waals surface area contributed by atoms with Gasteiger partial charge in [0, 0.05) is 13.1 Å². The molecule has 0 spiro atoms. The number of hydrogen-bond donors (Lipinski definition) is 1. The maximum Gasteiger partial charge on any atom is 0.0820 e. The van der Waals surface area contributed by atoms with Crippen molar-refractivity contribution in [1.29, 1.82) is 0 Å². The molecule has 3 aliphatic rings. The summed E-state index contributed by atoms with van der Waals surface area (Å²) in [5, 5.41) is 0.849. The largest absolute Gasteiger partial charge is 0.368 e. The fraction of sp³-hybridized carbons (Fsp3) is 0.444. The molecule has 0 atom stereocenters. The lowest BCUT2D eigenvalue weighted by Crippen LogP contribution is -2.48. The van der Waals surface area contributed by atoms with Crippen molar-refractivity contribution in [3.05, 3.63) is 35.4 Å². The van der Waals surface area contributed by atoms with Gasteiger partial charge >= 0.3 is 0 Å². The highest BCUT2D eigenvalue weighted by molar-refractivity contribution is 8.03. The zero-order valence-corrected chi connectivity index (χ0v) is 17.6. The van der Waals surface area contributed by atoms with Crippen LogP contribution >= 0.6 is 46.8 Å². The van der Waals surface area contributed by atoms with Gasteiger partial charge in [-0.1, -0.05) is 17.7 Å². The molecule has 0 radical (unpaired) electrons. The molecule has 3 fully saturated rings. The molecule has 25 heavy (non-hydrogen) atoms. The second-order valence-electron chi connectivity index (χ2n) is 6.93. The number of rotatable bonds is 6. The van der Waals surface area contributed by atoms with Crippen molar-refractivity contribution < 1.29 is 0 Å². The standard InChI is InChI=1S/C18H22ClN3S3/c1-21(2)25-17-7-6-16(23-17)24-20-15-5-3-4-14(19)18(15)22-10-12-8-13(9-12)11-22/h3-7,12-13,20H,8-11H2,1-2H3. The van der Waals surface area contributed by atoms with Gasteiger partial charge in [0.1, 0.15) is 0 Å². The molecule has 5 rings (SSSR count). The quantitative estimate of drug-likeness (QED) is 0.591. The van der Waals surface area contributed by atoms with Crippen molar-refractivity contribution in [3.63, 3.8) is 0 Å². The third-order valence-corrected chi connectivity index (χ3v) is 7.98. The van der Waals surface area contributed by atoms with Gasteiger partial charge in [0.25, 0.3) is 0 Å². The van der Waals surface area contributed by atoms with Crippen LogP contribution in [0.15, 0.2) is 38.8 Å². The zero-order valence-electron chi connectivity index (χ0n) is 14.4. The van der Waals surface area contributed by atoms with Crippen molar-refractivity contribution >= 4 is 58.2 Å². The van der Waals surface area contributed by atoms with Crippen LogP contribution in [0.5, 0.6) is 0 Å². The van der Waals surface area contributed by atoms with Crippen LogP contribution in [0.2, 0.25) is 5.02 Å². The number of benzene rings is 1. The van der Waals surface area contributed by atoms with Crippen LogP contribution < -0.4 is 9.62 Å². The molecule has 1 N–H and O–H groups in total. The van der Waals surface area contributed by atoms with E-state index in [0.29, 0.717) is 0 Å². The highest BCUT2D eigenvalue weighted by Crippen LogP contribution is 2.45. The first-order chi connectivity index (χ1) is 12.1. The minimum Gasteiger partial charge on any atom is -0.368 e. The van der Waals surface area contributed by atoms with E-state index in [4.69, 9.17) is 11.6 Å². The van der Waals surface area contributed by atoms with Crippen LogP contribution in [0, 0.1) is 11.8 Å². The molecule has 1 saturated carbocycles. The van der Waals surface area contributed by atoms with Crippen molar-refractivity contribution in [2.45, 2.75) is 21.3 Å². The SMILES string of the molecule is CN(C)Sc1ccc(SNc2cccc(Cl)c2N2CC3CC(C3)C2)s1. The molecule has 0 amide bonds. The third kappa shape index (κ3) is 4.08. The first kappa shape index (κ1) is 17.9. The third-order valence-electron chi connectivity index (χ3n) is 4.68. The van der Waals surface area contributed by atoms with Crippen LogP contribution in [0.25, 0.3) is 0 Å². The maximum absolute atomic E-state index is 6.57. The summed E-state index contributed by atoms with van der Waals surface area (Å²) in [6, 6.07) is 10.5. The van der Waals surface area contributed by atoms with Gasteiger partial charge in [-0.15, -0.1) is 11.3 Å². The van der Waals surface area contributed by atoms with Crippen LogP contribution in [0.4, 0.5) is 11.4 Å². The highest BCUT2D eigenvalue weighted by atomic mass is 35.5. The molecule has 2 saturated heterocycles. The average molecular weight is 412 g/mol. The van der Waals surface area contributed by atoms with E-state index in [1.165, 1.54) is 26.9 Å². The first-order valence-electron chi connectivity index (χ1n) is 8.50. The Bertz CT molecular complexity index is 733. The summed E-state index contributed by atoms with van der Waals surface area (Å²) in [7, 11) is 4.13. The average Bonchev–Trinajstić information content (AvgIpc) is 2.99. The van der Waals surface area contributed by atoms with Crippen molar-refractivity contribution in [3.8, 4) is 0 Å². The van der Waals surface area contributed by atoms with Crippen molar-refractivity contribution in [2.24, 2.45) is 11.8 Å². The summed E-state index contributed by atoms with van der Waals surface area (Å²) >= 11 is 11.8. The molecule has 2 aromatic rings. The van der Waals surface area contributed by atoms with Gasteiger partial charge in [0.2, 0.25) is 0 Å². The van der Waals surface area contributed by atoms with E-state index in [0.717, 1.165) is 35.6 Å². The molecule has 7 heteroatoms. The minimum absolute atomic E-state index is 0.849. The number of nitrogens with one attached hydrogen (secondary N) is 1. The number of fused-ring (bicyclic) bond motifs is 2. The molecular formula is C18H22ClN3S3. The minimum atomic E-state index is 0.849. The van der Waals surface area contributed by atoms with Gasteiger partial charge < -0.3 is 9.62 Å². The summed E-state index contributed by atoms with van der Waals surface area (Å²) in [6.45, 7) is 2.28. The predicted octanol–water partition coefficient (Wildman–Crippen LogP) is 5.94.